The normalized spacial score (nSPS) is 23.1. The molecule has 28 heavy (non-hydrogen) atoms. The molecule has 1 aliphatic carbocycles. The van der Waals surface area contributed by atoms with E-state index in [9.17, 15) is 4.79 Å². The zero-order chi connectivity index (χ0) is 20.8. The van der Waals surface area contributed by atoms with Gasteiger partial charge in [-0.1, -0.05) is 18.9 Å². The molecule has 3 rings (SSSR count). The van der Waals surface area contributed by atoms with E-state index in [1.54, 1.807) is 0 Å². The zero-order valence-corrected chi connectivity index (χ0v) is 16.7. The summed E-state index contributed by atoms with van der Waals surface area (Å²) in [5, 5.41) is 13.8. The van der Waals surface area contributed by atoms with Crippen LogP contribution in [0, 0.1) is 5.92 Å². The van der Waals surface area contributed by atoms with Crippen molar-refractivity contribution in [2.75, 3.05) is 45.8 Å². The van der Waals surface area contributed by atoms with E-state index < -0.39 is 0 Å². The Hall–Kier alpha value is -1.93. The maximum Gasteiger partial charge on any atom is 0.290 e. The molecule has 0 unspecified atom stereocenters. The number of amides is 1. The molecule has 2 saturated heterocycles. The van der Waals surface area contributed by atoms with Gasteiger partial charge in [0.25, 0.3) is 12.9 Å². The van der Waals surface area contributed by atoms with Crippen LogP contribution in [-0.4, -0.2) is 95.6 Å². The third-order valence-corrected chi connectivity index (χ3v) is 5.69. The second-order valence-corrected chi connectivity index (χ2v) is 7.43. The quantitative estimate of drug-likeness (QED) is 0.534. The second-order valence-electron chi connectivity index (χ2n) is 7.43. The molecule has 0 aromatic carbocycles. The highest BCUT2D eigenvalue weighted by atomic mass is 16.3. The van der Waals surface area contributed by atoms with Crippen LogP contribution in [0.25, 0.3) is 0 Å². The summed E-state index contributed by atoms with van der Waals surface area (Å²) in [5.74, 6) is 1.28. The Morgan fingerprint density at radius 2 is 1.50 bits per heavy atom. The predicted octanol–water partition coefficient (Wildman–Crippen LogP) is 1.37. The molecule has 3 fully saturated rings. The van der Waals surface area contributed by atoms with Crippen LogP contribution < -0.4 is 0 Å². The molecule has 1 amide bonds. The van der Waals surface area contributed by atoms with Crippen molar-refractivity contribution in [3.63, 3.8) is 0 Å². The second kappa shape index (κ2) is 14.1. The van der Waals surface area contributed by atoms with E-state index in [4.69, 9.17) is 19.8 Å². The lowest BCUT2D eigenvalue weighted by Gasteiger charge is -2.38. The molecule has 2 N–H and O–H groups in total. The van der Waals surface area contributed by atoms with Crippen LogP contribution in [-0.2, 0) is 14.4 Å². The molecule has 0 aromatic heterocycles. The molecule has 2 heterocycles. The van der Waals surface area contributed by atoms with Gasteiger partial charge in [-0.15, -0.1) is 6.58 Å². The first-order valence-electron chi connectivity index (χ1n) is 10.1. The summed E-state index contributed by atoms with van der Waals surface area (Å²) in [6.07, 6.45) is 9.76. The summed E-state index contributed by atoms with van der Waals surface area (Å²) in [4.78, 5) is 36.5. The lowest BCUT2D eigenvalue weighted by molar-refractivity contribution is -0.137. The van der Waals surface area contributed by atoms with Gasteiger partial charge < -0.3 is 15.1 Å². The molecule has 0 spiro atoms. The molecular formula is C20H35N3O5. The lowest BCUT2D eigenvalue weighted by Crippen LogP contribution is -2.54. The first-order chi connectivity index (χ1) is 13.6. The molecule has 2 aliphatic heterocycles. The highest BCUT2D eigenvalue weighted by Gasteiger charge is 2.34. The predicted molar refractivity (Wildman–Crippen MR) is 107 cm³/mol. The number of rotatable bonds is 5. The fourth-order valence-electron chi connectivity index (χ4n) is 4.41. The largest absolute Gasteiger partial charge is 0.483 e. The third-order valence-electron chi connectivity index (χ3n) is 5.69. The molecule has 1 atom stereocenters. The SMILES string of the molecule is C=CCN1CCC[C@H]1C(=O)N1CCN(CC2CCCC2)CC1.O=CO.O=CO. The van der Waals surface area contributed by atoms with Gasteiger partial charge in [-0.2, -0.15) is 0 Å². The van der Waals surface area contributed by atoms with Crippen LogP contribution in [0.3, 0.4) is 0 Å². The number of carbonyl (C=O) groups excluding carboxylic acids is 1. The van der Waals surface area contributed by atoms with Crippen molar-refractivity contribution < 1.29 is 24.6 Å². The standard InChI is InChI=1S/C18H31N3O.2CH2O2/c1-2-9-20-10-5-8-17(20)18(22)21-13-11-19(12-14-21)15-16-6-3-4-7-16;2*2-1-3/h2,16-17H,1,3-15H2;2*1H,(H,2,3)/t17-;;/m0../s1. The number of hydrogen-bond acceptors (Lipinski definition) is 5. The third kappa shape index (κ3) is 7.98. The van der Waals surface area contributed by atoms with Gasteiger partial charge >= 0.3 is 0 Å². The van der Waals surface area contributed by atoms with Crippen molar-refractivity contribution in [1.29, 1.82) is 0 Å². The Morgan fingerprint density at radius 1 is 0.929 bits per heavy atom. The Labute approximate surface area is 167 Å². The minimum absolute atomic E-state index is 0.111. The van der Waals surface area contributed by atoms with Crippen LogP contribution in [0.4, 0.5) is 0 Å². The summed E-state index contributed by atoms with van der Waals surface area (Å²) in [7, 11) is 0. The van der Waals surface area contributed by atoms with Gasteiger partial charge in [0.05, 0.1) is 6.04 Å². The van der Waals surface area contributed by atoms with E-state index in [1.807, 2.05) is 6.08 Å². The summed E-state index contributed by atoms with van der Waals surface area (Å²) >= 11 is 0. The van der Waals surface area contributed by atoms with E-state index >= 15 is 0 Å². The van der Waals surface area contributed by atoms with Gasteiger partial charge in [-0.05, 0) is 38.1 Å². The van der Waals surface area contributed by atoms with Crippen molar-refractivity contribution in [3.8, 4) is 0 Å². The van der Waals surface area contributed by atoms with Crippen LogP contribution in [0.5, 0.6) is 0 Å². The number of hydrogen-bond donors (Lipinski definition) is 2. The number of piperazine rings is 1. The average molecular weight is 398 g/mol. The molecule has 8 heteroatoms. The van der Waals surface area contributed by atoms with Gasteiger partial charge in [-0.3, -0.25) is 24.2 Å². The van der Waals surface area contributed by atoms with Gasteiger partial charge in [0, 0.05) is 39.3 Å². The first-order valence-corrected chi connectivity index (χ1v) is 10.1. The highest BCUT2D eigenvalue weighted by molar-refractivity contribution is 5.82. The summed E-state index contributed by atoms with van der Waals surface area (Å²) < 4.78 is 0. The molecule has 0 aromatic rings. The van der Waals surface area contributed by atoms with Crippen LogP contribution in [0.15, 0.2) is 12.7 Å². The van der Waals surface area contributed by atoms with E-state index in [-0.39, 0.29) is 19.0 Å². The molecule has 160 valence electrons. The van der Waals surface area contributed by atoms with Crippen LogP contribution >= 0.6 is 0 Å². The van der Waals surface area contributed by atoms with Gasteiger partial charge in [0.1, 0.15) is 0 Å². The van der Waals surface area contributed by atoms with Crippen molar-refractivity contribution >= 4 is 18.9 Å². The lowest BCUT2D eigenvalue weighted by atomic mass is 10.1. The minimum atomic E-state index is -0.250. The van der Waals surface area contributed by atoms with Crippen molar-refractivity contribution in [1.82, 2.24) is 14.7 Å². The van der Waals surface area contributed by atoms with Gasteiger partial charge in [-0.25, -0.2) is 0 Å². The Morgan fingerprint density at radius 3 is 2.04 bits per heavy atom. The van der Waals surface area contributed by atoms with Crippen LogP contribution in [0.1, 0.15) is 38.5 Å². The number of carboxylic acid groups (broad SMARTS) is 2. The molecule has 0 radical (unpaired) electrons. The van der Waals surface area contributed by atoms with Crippen molar-refractivity contribution in [2.24, 2.45) is 5.92 Å². The zero-order valence-electron chi connectivity index (χ0n) is 16.7. The highest BCUT2D eigenvalue weighted by Crippen LogP contribution is 2.26. The molecular weight excluding hydrogens is 362 g/mol. The van der Waals surface area contributed by atoms with E-state index in [0.29, 0.717) is 5.91 Å². The van der Waals surface area contributed by atoms with Gasteiger partial charge in [0.15, 0.2) is 0 Å². The molecule has 0 bridgehead atoms. The summed E-state index contributed by atoms with van der Waals surface area (Å²) in [5.41, 5.74) is 0. The first kappa shape index (κ1) is 24.1. The van der Waals surface area contributed by atoms with E-state index in [0.717, 1.165) is 58.0 Å². The minimum Gasteiger partial charge on any atom is -0.483 e. The fraction of sp³-hybridized carbons (Fsp3) is 0.750. The smallest absolute Gasteiger partial charge is 0.290 e. The number of nitrogens with zero attached hydrogens (tertiary/aromatic N) is 3. The monoisotopic (exact) mass is 397 g/mol. The molecule has 3 aliphatic rings. The maximum atomic E-state index is 12.8. The number of carbonyl (C=O) groups is 3. The number of likely N-dealkylation sites (tertiary alicyclic amines) is 1. The Bertz CT molecular complexity index is 468. The molecule has 1 saturated carbocycles. The summed E-state index contributed by atoms with van der Waals surface area (Å²) in [6, 6.07) is 0.111. The Balaban J connectivity index is 0.000000582. The van der Waals surface area contributed by atoms with Crippen molar-refractivity contribution in [3.05, 3.63) is 12.7 Å². The van der Waals surface area contributed by atoms with E-state index in [1.165, 1.54) is 32.2 Å². The average Bonchev–Trinajstić information content (AvgIpc) is 3.36. The topological polar surface area (TPSA) is 101 Å². The molecule has 8 nitrogen and oxygen atoms in total. The van der Waals surface area contributed by atoms with Gasteiger partial charge in [0.2, 0.25) is 5.91 Å². The maximum absolute atomic E-state index is 12.8. The fourth-order valence-corrected chi connectivity index (χ4v) is 4.41. The Kier molecular flexibility index (Phi) is 12.2. The van der Waals surface area contributed by atoms with Crippen molar-refractivity contribution in [2.45, 2.75) is 44.6 Å². The van der Waals surface area contributed by atoms with E-state index in [2.05, 4.69) is 21.3 Å². The summed E-state index contributed by atoms with van der Waals surface area (Å²) in [6.45, 7) is 10.4. The van der Waals surface area contributed by atoms with Crippen LogP contribution in [0.2, 0.25) is 0 Å².